The molecule has 2 aliphatic heterocycles. The number of carboxylic acid groups (broad SMARTS) is 2. The van der Waals surface area contributed by atoms with E-state index in [1.165, 1.54) is 30.2 Å². The Labute approximate surface area is 170 Å². The first-order valence-electron chi connectivity index (χ1n) is 9.82. The van der Waals surface area contributed by atoms with Gasteiger partial charge in [-0.25, -0.2) is 14.6 Å². The summed E-state index contributed by atoms with van der Waals surface area (Å²) in [6.45, 7) is 4.46. The molecule has 2 N–H and O–H groups in total. The fourth-order valence-electron chi connectivity index (χ4n) is 4.15. The molecule has 7 heteroatoms. The zero-order valence-corrected chi connectivity index (χ0v) is 16.8. The Bertz CT molecular complexity index is 911. The van der Waals surface area contributed by atoms with Crippen molar-refractivity contribution in [2.45, 2.75) is 38.3 Å². The molecule has 7 nitrogen and oxygen atoms in total. The standard InChI is InChI=1S/C18H23N3.C4H4O4/c1-13-11-18(19-17-6-4-3-5-16(13)17)21-10-9-14-7-8-15(12-21)20(14)2;5-3(6)1-2-4(7)8/h3-6,11,14-15H,7-10,12H2,1-2H3;1-2H,(H,5,6)(H,7,8)/b;2-1+. The van der Waals surface area contributed by atoms with Crippen LogP contribution in [0.2, 0.25) is 0 Å². The van der Waals surface area contributed by atoms with Crippen molar-refractivity contribution in [1.82, 2.24) is 9.88 Å². The zero-order chi connectivity index (χ0) is 21.0. The maximum atomic E-state index is 9.55. The number of benzene rings is 1. The molecular weight excluding hydrogens is 370 g/mol. The number of anilines is 1. The highest BCUT2D eigenvalue weighted by atomic mass is 16.4. The van der Waals surface area contributed by atoms with Crippen molar-refractivity contribution in [3.05, 3.63) is 48.0 Å². The summed E-state index contributed by atoms with van der Waals surface area (Å²) in [5.41, 5.74) is 2.45. The van der Waals surface area contributed by atoms with E-state index in [9.17, 15) is 9.59 Å². The number of para-hydroxylation sites is 1. The van der Waals surface area contributed by atoms with E-state index in [1.807, 2.05) is 0 Å². The van der Waals surface area contributed by atoms with Crippen LogP contribution in [0.1, 0.15) is 24.8 Å². The number of aryl methyl sites for hydroxylation is 1. The van der Waals surface area contributed by atoms with Gasteiger partial charge in [-0.2, -0.15) is 0 Å². The van der Waals surface area contributed by atoms with Gasteiger partial charge >= 0.3 is 11.9 Å². The summed E-state index contributed by atoms with van der Waals surface area (Å²) < 4.78 is 0. The quantitative estimate of drug-likeness (QED) is 0.769. The van der Waals surface area contributed by atoms with E-state index >= 15 is 0 Å². The summed E-state index contributed by atoms with van der Waals surface area (Å²) in [4.78, 5) is 29.1. The second-order valence-electron chi connectivity index (χ2n) is 7.61. The van der Waals surface area contributed by atoms with Gasteiger partial charge in [0.25, 0.3) is 0 Å². The smallest absolute Gasteiger partial charge is 0.328 e. The van der Waals surface area contributed by atoms with Crippen LogP contribution in [0.15, 0.2) is 42.5 Å². The first-order valence-corrected chi connectivity index (χ1v) is 9.82. The molecule has 0 radical (unpaired) electrons. The van der Waals surface area contributed by atoms with Crippen LogP contribution in [0.4, 0.5) is 5.82 Å². The summed E-state index contributed by atoms with van der Waals surface area (Å²) in [6.07, 6.45) is 5.09. The van der Waals surface area contributed by atoms with Crippen molar-refractivity contribution < 1.29 is 19.8 Å². The molecule has 0 spiro atoms. The minimum Gasteiger partial charge on any atom is -0.478 e. The molecule has 154 valence electrons. The number of aliphatic carboxylic acids is 2. The van der Waals surface area contributed by atoms with Gasteiger partial charge in [-0.3, -0.25) is 4.90 Å². The fraction of sp³-hybridized carbons (Fsp3) is 0.409. The molecule has 3 heterocycles. The molecule has 1 aromatic carbocycles. The van der Waals surface area contributed by atoms with Crippen LogP contribution < -0.4 is 4.90 Å². The van der Waals surface area contributed by atoms with E-state index in [4.69, 9.17) is 15.2 Å². The van der Waals surface area contributed by atoms with Crippen LogP contribution in [-0.2, 0) is 9.59 Å². The third kappa shape index (κ3) is 5.12. The first-order chi connectivity index (χ1) is 13.8. The SMILES string of the molecule is Cc1cc(N2CCC3CCC(C2)N3C)nc2ccccc12.O=C(O)/C=C/C(=O)O. The number of pyridine rings is 1. The minimum atomic E-state index is -1.26. The van der Waals surface area contributed by atoms with Gasteiger partial charge in [0.2, 0.25) is 0 Å². The average Bonchev–Trinajstić information content (AvgIpc) is 2.92. The summed E-state index contributed by atoms with van der Waals surface area (Å²) in [5, 5.41) is 16.9. The van der Waals surface area contributed by atoms with Gasteiger partial charge in [0.15, 0.2) is 0 Å². The highest BCUT2D eigenvalue weighted by molar-refractivity contribution is 5.89. The van der Waals surface area contributed by atoms with Crippen LogP contribution in [-0.4, -0.2) is 64.3 Å². The van der Waals surface area contributed by atoms with E-state index in [1.54, 1.807) is 0 Å². The molecular formula is C22H27N3O4. The van der Waals surface area contributed by atoms with Gasteiger partial charge in [0.1, 0.15) is 5.82 Å². The molecule has 2 saturated heterocycles. The van der Waals surface area contributed by atoms with Gasteiger partial charge in [-0.05, 0) is 50.9 Å². The number of carbonyl (C=O) groups is 2. The third-order valence-corrected chi connectivity index (χ3v) is 5.75. The van der Waals surface area contributed by atoms with Crippen molar-refractivity contribution >= 4 is 28.7 Å². The van der Waals surface area contributed by atoms with Gasteiger partial charge in [0.05, 0.1) is 5.52 Å². The van der Waals surface area contributed by atoms with Crippen molar-refractivity contribution in [2.75, 3.05) is 25.0 Å². The van der Waals surface area contributed by atoms with Crippen molar-refractivity contribution in [3.8, 4) is 0 Å². The van der Waals surface area contributed by atoms with Crippen LogP contribution in [0, 0.1) is 6.92 Å². The Kier molecular flexibility index (Phi) is 6.49. The second-order valence-corrected chi connectivity index (χ2v) is 7.61. The van der Waals surface area contributed by atoms with E-state index in [0.717, 1.165) is 30.5 Å². The maximum absolute atomic E-state index is 9.55. The van der Waals surface area contributed by atoms with Crippen LogP contribution in [0.25, 0.3) is 10.9 Å². The molecule has 2 aromatic rings. The Hall–Kier alpha value is -2.93. The number of likely N-dealkylation sites (N-methyl/N-ethyl adjacent to an activating group) is 1. The lowest BCUT2D eigenvalue weighted by Gasteiger charge is -2.27. The van der Waals surface area contributed by atoms with Crippen molar-refractivity contribution in [3.63, 3.8) is 0 Å². The average molecular weight is 397 g/mol. The predicted octanol–water partition coefficient (Wildman–Crippen LogP) is 2.93. The molecule has 0 amide bonds. The third-order valence-electron chi connectivity index (χ3n) is 5.75. The molecule has 2 bridgehead atoms. The lowest BCUT2D eigenvalue weighted by atomic mass is 10.1. The minimum absolute atomic E-state index is 0.558. The number of fused-ring (bicyclic) bond motifs is 3. The monoisotopic (exact) mass is 397 g/mol. The molecule has 29 heavy (non-hydrogen) atoms. The Morgan fingerprint density at radius 3 is 2.41 bits per heavy atom. The number of nitrogens with zero attached hydrogens (tertiary/aromatic N) is 3. The first kappa shape index (κ1) is 20.8. The molecule has 0 aliphatic carbocycles. The molecule has 1 aromatic heterocycles. The number of carboxylic acids is 2. The van der Waals surface area contributed by atoms with Gasteiger partial charge in [0, 0.05) is 42.7 Å². The Morgan fingerprint density at radius 2 is 1.72 bits per heavy atom. The molecule has 2 atom stereocenters. The van der Waals surface area contributed by atoms with Gasteiger partial charge < -0.3 is 15.1 Å². The lowest BCUT2D eigenvalue weighted by Crippen LogP contribution is -2.37. The lowest BCUT2D eigenvalue weighted by molar-refractivity contribution is -0.134. The summed E-state index contributed by atoms with van der Waals surface area (Å²) in [6, 6.07) is 12.2. The molecule has 2 fully saturated rings. The topological polar surface area (TPSA) is 94.0 Å². The summed E-state index contributed by atoms with van der Waals surface area (Å²) in [5.74, 6) is -1.35. The number of rotatable bonds is 3. The molecule has 2 unspecified atom stereocenters. The van der Waals surface area contributed by atoms with E-state index in [-0.39, 0.29) is 0 Å². The normalized spacial score (nSPS) is 21.7. The summed E-state index contributed by atoms with van der Waals surface area (Å²) in [7, 11) is 2.30. The van der Waals surface area contributed by atoms with E-state index in [2.05, 4.69) is 54.1 Å². The number of hydrogen-bond acceptors (Lipinski definition) is 5. The summed E-state index contributed by atoms with van der Waals surface area (Å²) >= 11 is 0. The fourth-order valence-corrected chi connectivity index (χ4v) is 4.15. The predicted molar refractivity (Wildman–Crippen MR) is 112 cm³/mol. The van der Waals surface area contributed by atoms with Gasteiger partial charge in [-0.15, -0.1) is 0 Å². The number of aromatic nitrogens is 1. The second kappa shape index (κ2) is 9.05. The molecule has 2 aliphatic rings. The van der Waals surface area contributed by atoms with Crippen molar-refractivity contribution in [1.29, 1.82) is 0 Å². The highest BCUT2D eigenvalue weighted by Crippen LogP contribution is 2.31. The Balaban J connectivity index is 0.000000258. The van der Waals surface area contributed by atoms with E-state index < -0.39 is 11.9 Å². The van der Waals surface area contributed by atoms with Crippen LogP contribution in [0.5, 0.6) is 0 Å². The maximum Gasteiger partial charge on any atom is 0.328 e. The number of hydrogen-bond donors (Lipinski definition) is 2. The largest absolute Gasteiger partial charge is 0.478 e. The zero-order valence-electron chi connectivity index (χ0n) is 16.8. The highest BCUT2D eigenvalue weighted by Gasteiger charge is 2.35. The molecule has 4 rings (SSSR count). The van der Waals surface area contributed by atoms with Crippen molar-refractivity contribution in [2.24, 2.45) is 0 Å². The van der Waals surface area contributed by atoms with Crippen LogP contribution >= 0.6 is 0 Å². The Morgan fingerprint density at radius 1 is 1.07 bits per heavy atom. The van der Waals surface area contributed by atoms with Crippen LogP contribution in [0.3, 0.4) is 0 Å². The van der Waals surface area contributed by atoms with Gasteiger partial charge in [-0.1, -0.05) is 18.2 Å². The van der Waals surface area contributed by atoms with E-state index in [0.29, 0.717) is 18.2 Å². The molecule has 0 saturated carbocycles.